The molecular formula is C17H16Cl2N2O. The summed E-state index contributed by atoms with van der Waals surface area (Å²) in [7, 11) is 0. The Labute approximate surface area is 139 Å². The van der Waals surface area contributed by atoms with Crippen molar-refractivity contribution in [2.24, 2.45) is 0 Å². The summed E-state index contributed by atoms with van der Waals surface area (Å²) in [6.45, 7) is 3.96. The molecule has 1 atom stereocenters. The van der Waals surface area contributed by atoms with Crippen molar-refractivity contribution < 1.29 is 5.11 Å². The molecule has 0 amide bonds. The molecule has 2 heterocycles. The van der Waals surface area contributed by atoms with Crippen LogP contribution < -0.4 is 0 Å². The summed E-state index contributed by atoms with van der Waals surface area (Å²) in [4.78, 5) is 4.67. The number of aromatic nitrogens is 2. The van der Waals surface area contributed by atoms with Crippen LogP contribution in [0.3, 0.4) is 0 Å². The summed E-state index contributed by atoms with van der Waals surface area (Å²) < 4.78 is 1.95. The number of hydrogen-bond donors (Lipinski definition) is 1. The molecule has 0 radical (unpaired) electrons. The molecule has 0 aliphatic carbocycles. The molecule has 0 saturated carbocycles. The van der Waals surface area contributed by atoms with Crippen molar-refractivity contribution in [2.75, 3.05) is 0 Å². The van der Waals surface area contributed by atoms with E-state index in [4.69, 9.17) is 23.2 Å². The molecule has 0 aliphatic rings. The lowest BCUT2D eigenvalue weighted by Gasteiger charge is -2.11. The van der Waals surface area contributed by atoms with Gasteiger partial charge in [-0.1, -0.05) is 42.3 Å². The lowest BCUT2D eigenvalue weighted by molar-refractivity contribution is 0.168. The maximum atomic E-state index is 10.5. The third-order valence-corrected chi connectivity index (χ3v) is 4.44. The first-order valence-corrected chi connectivity index (χ1v) is 7.89. The fourth-order valence-electron chi connectivity index (χ4n) is 2.54. The number of rotatable bonds is 3. The fraction of sp³-hybridized carbons (Fsp3) is 0.235. The Hall–Kier alpha value is -1.55. The van der Waals surface area contributed by atoms with E-state index in [0.29, 0.717) is 16.5 Å². The molecule has 5 heteroatoms. The maximum Gasteiger partial charge on any atom is 0.137 e. The van der Waals surface area contributed by atoms with Gasteiger partial charge in [-0.3, -0.25) is 0 Å². The zero-order valence-electron chi connectivity index (χ0n) is 12.3. The minimum Gasteiger partial charge on any atom is -0.387 e. The first-order chi connectivity index (χ1) is 10.5. The van der Waals surface area contributed by atoms with E-state index in [-0.39, 0.29) is 0 Å². The number of aliphatic hydroxyl groups excluding tert-OH is 1. The molecule has 2 aromatic heterocycles. The summed E-state index contributed by atoms with van der Waals surface area (Å²) in [6, 6.07) is 9.35. The van der Waals surface area contributed by atoms with E-state index in [1.165, 1.54) is 0 Å². The van der Waals surface area contributed by atoms with Crippen LogP contribution in [-0.2, 0) is 0 Å². The van der Waals surface area contributed by atoms with Gasteiger partial charge in [-0.05, 0) is 37.1 Å². The van der Waals surface area contributed by atoms with Gasteiger partial charge in [0.2, 0.25) is 0 Å². The van der Waals surface area contributed by atoms with E-state index in [2.05, 4.69) is 4.98 Å². The van der Waals surface area contributed by atoms with Gasteiger partial charge in [0, 0.05) is 11.8 Å². The predicted octanol–water partition coefficient (Wildman–Crippen LogP) is 5.06. The molecule has 3 aromatic rings. The molecule has 0 saturated heterocycles. The minimum absolute atomic E-state index is 0.476. The fourth-order valence-corrected chi connectivity index (χ4v) is 2.83. The second-order valence-electron chi connectivity index (χ2n) is 5.33. The smallest absolute Gasteiger partial charge is 0.137 e. The van der Waals surface area contributed by atoms with Crippen molar-refractivity contribution >= 4 is 28.8 Å². The normalized spacial score (nSPS) is 12.8. The standard InChI is InChI=1S/C17H16Cl2N2O/c1-3-14(22)17-16(11-5-6-12(18)13(19)8-11)20-15-7-4-10(2)9-21(15)17/h4-9,14,22H,3H2,1-2H3. The van der Waals surface area contributed by atoms with Gasteiger partial charge in [0.05, 0.1) is 27.5 Å². The third kappa shape index (κ3) is 2.60. The van der Waals surface area contributed by atoms with Crippen molar-refractivity contribution in [3.05, 3.63) is 57.8 Å². The molecular weight excluding hydrogens is 319 g/mol. The van der Waals surface area contributed by atoms with Gasteiger partial charge in [-0.15, -0.1) is 0 Å². The maximum absolute atomic E-state index is 10.5. The number of benzene rings is 1. The summed E-state index contributed by atoms with van der Waals surface area (Å²) in [6.07, 6.45) is 1.99. The number of aryl methyl sites for hydroxylation is 1. The van der Waals surface area contributed by atoms with E-state index >= 15 is 0 Å². The Bertz CT molecular complexity index is 842. The van der Waals surface area contributed by atoms with Gasteiger partial charge in [-0.2, -0.15) is 0 Å². The molecule has 1 aromatic carbocycles. The molecule has 1 N–H and O–H groups in total. The van der Waals surface area contributed by atoms with Crippen molar-refractivity contribution in [1.82, 2.24) is 9.38 Å². The van der Waals surface area contributed by atoms with Crippen LogP contribution in [0.15, 0.2) is 36.5 Å². The van der Waals surface area contributed by atoms with Crippen LogP contribution in [0, 0.1) is 6.92 Å². The van der Waals surface area contributed by atoms with Gasteiger partial charge in [-0.25, -0.2) is 4.98 Å². The largest absolute Gasteiger partial charge is 0.387 e. The number of fused-ring (bicyclic) bond motifs is 1. The second kappa shape index (κ2) is 5.92. The van der Waals surface area contributed by atoms with Crippen LogP contribution >= 0.6 is 23.2 Å². The van der Waals surface area contributed by atoms with Crippen LogP contribution in [0.4, 0.5) is 0 Å². The number of nitrogens with zero attached hydrogens (tertiary/aromatic N) is 2. The topological polar surface area (TPSA) is 37.5 Å². The van der Waals surface area contributed by atoms with Crippen molar-refractivity contribution in [1.29, 1.82) is 0 Å². The summed E-state index contributed by atoms with van der Waals surface area (Å²) in [5, 5.41) is 11.4. The molecule has 3 rings (SSSR count). The molecule has 0 bridgehead atoms. The molecule has 0 fully saturated rings. The summed E-state index contributed by atoms with van der Waals surface area (Å²) in [5.41, 5.74) is 4.26. The van der Waals surface area contributed by atoms with E-state index in [9.17, 15) is 5.11 Å². The Morgan fingerprint density at radius 3 is 2.64 bits per heavy atom. The highest BCUT2D eigenvalue weighted by atomic mass is 35.5. The molecule has 22 heavy (non-hydrogen) atoms. The van der Waals surface area contributed by atoms with Gasteiger partial charge >= 0.3 is 0 Å². The third-order valence-electron chi connectivity index (χ3n) is 3.70. The average molecular weight is 335 g/mol. The Morgan fingerprint density at radius 1 is 1.18 bits per heavy atom. The van der Waals surface area contributed by atoms with Crippen LogP contribution in [0.1, 0.15) is 30.7 Å². The van der Waals surface area contributed by atoms with E-state index in [1.807, 2.05) is 42.6 Å². The van der Waals surface area contributed by atoms with E-state index < -0.39 is 6.10 Å². The minimum atomic E-state index is -0.596. The van der Waals surface area contributed by atoms with Crippen LogP contribution in [-0.4, -0.2) is 14.5 Å². The van der Waals surface area contributed by atoms with Gasteiger partial charge in [0.15, 0.2) is 0 Å². The molecule has 1 unspecified atom stereocenters. The zero-order valence-corrected chi connectivity index (χ0v) is 13.9. The Morgan fingerprint density at radius 2 is 1.95 bits per heavy atom. The molecule has 0 spiro atoms. The van der Waals surface area contributed by atoms with Crippen molar-refractivity contribution in [3.8, 4) is 11.3 Å². The second-order valence-corrected chi connectivity index (χ2v) is 6.15. The van der Waals surface area contributed by atoms with E-state index in [1.54, 1.807) is 12.1 Å². The van der Waals surface area contributed by atoms with Crippen LogP contribution in [0.2, 0.25) is 10.0 Å². The van der Waals surface area contributed by atoms with Crippen LogP contribution in [0.5, 0.6) is 0 Å². The number of pyridine rings is 1. The lowest BCUT2D eigenvalue weighted by Crippen LogP contribution is -2.02. The number of aliphatic hydroxyl groups is 1. The Balaban J connectivity index is 2.30. The van der Waals surface area contributed by atoms with Crippen molar-refractivity contribution in [3.63, 3.8) is 0 Å². The first kappa shape index (κ1) is 15.3. The highest BCUT2D eigenvalue weighted by Crippen LogP contribution is 2.34. The predicted molar refractivity (Wildman–Crippen MR) is 90.6 cm³/mol. The first-order valence-electron chi connectivity index (χ1n) is 7.13. The van der Waals surface area contributed by atoms with Gasteiger partial charge in [0.25, 0.3) is 0 Å². The molecule has 0 aliphatic heterocycles. The number of imidazole rings is 1. The van der Waals surface area contributed by atoms with Crippen LogP contribution in [0.25, 0.3) is 16.9 Å². The lowest BCUT2D eigenvalue weighted by atomic mass is 10.1. The molecule has 114 valence electrons. The number of hydrogen-bond acceptors (Lipinski definition) is 2. The summed E-state index contributed by atoms with van der Waals surface area (Å²) >= 11 is 12.1. The summed E-state index contributed by atoms with van der Waals surface area (Å²) in [5.74, 6) is 0. The Kier molecular flexibility index (Phi) is 4.13. The highest BCUT2D eigenvalue weighted by Gasteiger charge is 2.20. The number of halogens is 2. The van der Waals surface area contributed by atoms with E-state index in [0.717, 1.165) is 28.2 Å². The van der Waals surface area contributed by atoms with Crippen molar-refractivity contribution in [2.45, 2.75) is 26.4 Å². The zero-order chi connectivity index (χ0) is 15.9. The molecule has 3 nitrogen and oxygen atoms in total. The van der Waals surface area contributed by atoms with Gasteiger partial charge in [0.1, 0.15) is 5.65 Å². The average Bonchev–Trinajstić information content (AvgIpc) is 2.87. The monoisotopic (exact) mass is 334 g/mol. The quantitative estimate of drug-likeness (QED) is 0.726. The SMILES string of the molecule is CCC(O)c1c(-c2ccc(Cl)c(Cl)c2)nc2ccc(C)cn12. The van der Waals surface area contributed by atoms with Gasteiger partial charge < -0.3 is 9.51 Å². The highest BCUT2D eigenvalue weighted by molar-refractivity contribution is 6.42.